The molecule has 1 aliphatic rings. The number of aromatic nitrogens is 4. The summed E-state index contributed by atoms with van der Waals surface area (Å²) < 4.78 is 7.72. The molecule has 10 heteroatoms. The number of ether oxygens (including phenoxy) is 1. The van der Waals surface area contributed by atoms with Crippen LogP contribution in [0.1, 0.15) is 41.7 Å². The van der Waals surface area contributed by atoms with Gasteiger partial charge in [0.05, 0.1) is 33.8 Å². The van der Waals surface area contributed by atoms with Crippen molar-refractivity contribution in [1.29, 1.82) is 0 Å². The number of aromatic amines is 1. The molecule has 1 aliphatic heterocycles. The number of nitrogens with zero attached hydrogens (tertiary/aromatic N) is 3. The lowest BCUT2D eigenvalue weighted by Gasteiger charge is -2.22. The molecule has 4 heterocycles. The van der Waals surface area contributed by atoms with Crippen LogP contribution in [-0.2, 0) is 11.3 Å². The highest BCUT2D eigenvalue weighted by molar-refractivity contribution is 7.07. The molecule has 3 aromatic heterocycles. The van der Waals surface area contributed by atoms with E-state index in [2.05, 4.69) is 20.4 Å². The normalized spacial score (nSPS) is 16.6. The van der Waals surface area contributed by atoms with Gasteiger partial charge in [0.2, 0.25) is 0 Å². The van der Waals surface area contributed by atoms with Crippen LogP contribution in [-0.4, -0.2) is 32.3 Å². The molecule has 0 bridgehead atoms. The zero-order chi connectivity index (χ0) is 21.4. The number of carbonyl (C=O) groups excluding carboxylic acids is 1. The molecule has 1 unspecified atom stereocenters. The van der Waals surface area contributed by atoms with Crippen molar-refractivity contribution < 1.29 is 9.53 Å². The Morgan fingerprint density at radius 1 is 1.35 bits per heavy atom. The Bertz CT molecular complexity index is 1230. The minimum Gasteiger partial charge on any atom is -0.357 e. The first kappa shape index (κ1) is 20.5. The molecule has 2 N–H and O–H groups in total. The maximum Gasteiger partial charge on any atom is 0.271 e. The Morgan fingerprint density at radius 2 is 2.26 bits per heavy atom. The summed E-state index contributed by atoms with van der Waals surface area (Å²) in [6.07, 6.45) is 6.87. The summed E-state index contributed by atoms with van der Waals surface area (Å²) in [5, 5.41) is 11.0. The molecule has 5 rings (SSSR count). The van der Waals surface area contributed by atoms with Crippen molar-refractivity contribution in [2.24, 2.45) is 0 Å². The number of carbonyl (C=O) groups is 1. The van der Waals surface area contributed by atoms with E-state index in [1.165, 1.54) is 11.3 Å². The van der Waals surface area contributed by atoms with Crippen LogP contribution in [0.4, 0.5) is 0 Å². The molecular formula is C21H19Cl2N5O2S. The first-order valence-corrected chi connectivity index (χ1v) is 11.6. The maximum absolute atomic E-state index is 12.4. The lowest BCUT2D eigenvalue weighted by Crippen LogP contribution is -2.23. The smallest absolute Gasteiger partial charge is 0.271 e. The number of hydrogen-bond donors (Lipinski definition) is 2. The Hall–Kier alpha value is -2.39. The summed E-state index contributed by atoms with van der Waals surface area (Å²) in [5.74, 6) is -0.235. The van der Waals surface area contributed by atoms with E-state index in [4.69, 9.17) is 27.9 Å². The highest BCUT2D eigenvalue weighted by Gasteiger charge is 2.21. The third kappa shape index (κ3) is 3.96. The number of fused-ring (bicyclic) bond motifs is 1. The third-order valence-corrected chi connectivity index (χ3v) is 6.76. The molecule has 1 atom stereocenters. The molecule has 0 radical (unpaired) electrons. The van der Waals surface area contributed by atoms with Gasteiger partial charge in [0.25, 0.3) is 5.91 Å². The number of H-pyrrole nitrogens is 1. The molecule has 1 saturated heterocycles. The molecule has 1 amide bonds. The number of thiazole rings is 1. The van der Waals surface area contributed by atoms with Crippen LogP contribution in [0.25, 0.3) is 22.0 Å². The topological polar surface area (TPSA) is 84.8 Å². The quantitative estimate of drug-likeness (QED) is 0.403. The Morgan fingerprint density at radius 3 is 3.03 bits per heavy atom. The fourth-order valence-electron chi connectivity index (χ4n) is 3.86. The molecule has 7 nitrogen and oxygen atoms in total. The van der Waals surface area contributed by atoms with Crippen LogP contribution >= 0.6 is 34.5 Å². The second-order valence-corrected chi connectivity index (χ2v) is 8.85. The summed E-state index contributed by atoms with van der Waals surface area (Å²) in [5.41, 5.74) is 5.40. The summed E-state index contributed by atoms with van der Waals surface area (Å²) in [4.78, 5) is 19.8. The Kier molecular flexibility index (Phi) is 5.71. The highest BCUT2D eigenvalue weighted by Crippen LogP contribution is 2.39. The van der Waals surface area contributed by atoms with Crippen molar-refractivity contribution in [3.63, 3.8) is 0 Å². The minimum atomic E-state index is -0.235. The second kappa shape index (κ2) is 8.63. The Labute approximate surface area is 192 Å². The number of halogens is 2. The largest absolute Gasteiger partial charge is 0.357 e. The summed E-state index contributed by atoms with van der Waals surface area (Å²) in [7, 11) is 0. The second-order valence-electron chi connectivity index (χ2n) is 7.35. The van der Waals surface area contributed by atoms with Gasteiger partial charge in [-0.2, -0.15) is 5.10 Å². The number of rotatable bonds is 5. The van der Waals surface area contributed by atoms with E-state index >= 15 is 0 Å². The van der Waals surface area contributed by atoms with Gasteiger partial charge in [0.1, 0.15) is 11.9 Å². The summed E-state index contributed by atoms with van der Waals surface area (Å²) >= 11 is 14.1. The summed E-state index contributed by atoms with van der Waals surface area (Å²) in [6, 6.07) is 3.70. The average Bonchev–Trinajstić information content (AvgIpc) is 3.55. The molecule has 0 saturated carbocycles. The number of nitrogens with one attached hydrogen (secondary N) is 2. The van der Waals surface area contributed by atoms with Gasteiger partial charge < -0.3 is 15.0 Å². The van der Waals surface area contributed by atoms with E-state index in [0.717, 1.165) is 53.6 Å². The van der Waals surface area contributed by atoms with Crippen LogP contribution in [0, 0.1) is 0 Å². The van der Waals surface area contributed by atoms with Crippen molar-refractivity contribution in [3.05, 3.63) is 56.9 Å². The fraction of sp³-hybridized carbons (Fsp3) is 0.286. The lowest BCUT2D eigenvalue weighted by atomic mass is 10.0. The van der Waals surface area contributed by atoms with Gasteiger partial charge in [-0.3, -0.25) is 4.79 Å². The van der Waals surface area contributed by atoms with Gasteiger partial charge in [-0.1, -0.05) is 29.3 Å². The van der Waals surface area contributed by atoms with E-state index in [1.54, 1.807) is 17.0 Å². The van der Waals surface area contributed by atoms with Gasteiger partial charge in [-0.05, 0) is 25.3 Å². The van der Waals surface area contributed by atoms with Crippen LogP contribution in [0.5, 0.6) is 0 Å². The van der Waals surface area contributed by atoms with E-state index in [1.807, 2.05) is 23.1 Å². The number of amides is 1. The zero-order valence-electron chi connectivity index (χ0n) is 16.4. The fourth-order valence-corrected chi connectivity index (χ4v) is 4.76. The maximum atomic E-state index is 12.4. The van der Waals surface area contributed by atoms with Crippen molar-refractivity contribution in [2.45, 2.75) is 32.0 Å². The van der Waals surface area contributed by atoms with Gasteiger partial charge >= 0.3 is 0 Å². The molecule has 0 aliphatic carbocycles. The van der Waals surface area contributed by atoms with Crippen molar-refractivity contribution in [1.82, 2.24) is 25.1 Å². The molecule has 31 heavy (non-hydrogen) atoms. The minimum absolute atomic E-state index is 0.0569. The predicted molar refractivity (Wildman–Crippen MR) is 122 cm³/mol. The first-order chi connectivity index (χ1) is 15.1. The average molecular weight is 476 g/mol. The lowest BCUT2D eigenvalue weighted by molar-refractivity contribution is -0.0394. The van der Waals surface area contributed by atoms with E-state index in [-0.39, 0.29) is 18.7 Å². The van der Waals surface area contributed by atoms with E-state index in [9.17, 15) is 4.79 Å². The van der Waals surface area contributed by atoms with Crippen LogP contribution in [0.2, 0.25) is 10.0 Å². The van der Waals surface area contributed by atoms with Crippen molar-refractivity contribution in [2.75, 3.05) is 6.61 Å². The van der Waals surface area contributed by atoms with Crippen LogP contribution in [0.15, 0.2) is 35.4 Å². The van der Waals surface area contributed by atoms with Crippen LogP contribution < -0.4 is 5.32 Å². The molecule has 0 spiro atoms. The van der Waals surface area contributed by atoms with Crippen molar-refractivity contribution >= 4 is 51.3 Å². The monoisotopic (exact) mass is 475 g/mol. The van der Waals surface area contributed by atoms with Crippen molar-refractivity contribution in [3.8, 4) is 11.1 Å². The standard InChI is InChI=1S/C21H19Cl2N5O2S/c22-14-5-4-13-18(12-7-26-28(9-12)17-3-1-2-6-30-17)15(27-20(13)19(14)23)8-24-21(29)16-10-31-11-25-16/h4-5,7,9-11,17,27H,1-3,6,8H2,(H,24,29). The zero-order valence-corrected chi connectivity index (χ0v) is 18.7. The molecule has 4 aromatic rings. The Balaban J connectivity index is 1.52. The predicted octanol–water partition coefficient (Wildman–Crippen LogP) is 5.42. The summed E-state index contributed by atoms with van der Waals surface area (Å²) in [6.45, 7) is 1.02. The first-order valence-electron chi connectivity index (χ1n) is 9.93. The van der Waals surface area contributed by atoms with Gasteiger partial charge in [0.15, 0.2) is 0 Å². The number of hydrogen-bond acceptors (Lipinski definition) is 5. The van der Waals surface area contributed by atoms with E-state index < -0.39 is 0 Å². The number of benzene rings is 1. The SMILES string of the molecule is O=C(NCc1[nH]c2c(Cl)c(Cl)ccc2c1-c1cnn(C2CCCCO2)c1)c1cscn1. The third-order valence-electron chi connectivity index (χ3n) is 5.37. The molecule has 1 fully saturated rings. The molecule has 160 valence electrons. The van der Waals surface area contributed by atoms with Gasteiger partial charge in [-0.15, -0.1) is 11.3 Å². The highest BCUT2D eigenvalue weighted by atomic mass is 35.5. The van der Waals surface area contributed by atoms with E-state index in [0.29, 0.717) is 15.7 Å². The molecule has 1 aromatic carbocycles. The van der Waals surface area contributed by atoms with Gasteiger partial charge in [-0.25, -0.2) is 9.67 Å². The van der Waals surface area contributed by atoms with Gasteiger partial charge in [0, 0.05) is 40.4 Å². The van der Waals surface area contributed by atoms with Crippen LogP contribution in [0.3, 0.4) is 0 Å². The molecular weight excluding hydrogens is 457 g/mol.